The lowest BCUT2D eigenvalue weighted by Crippen LogP contribution is -2.65. The van der Waals surface area contributed by atoms with Gasteiger partial charge in [-0.25, -0.2) is 0 Å². The van der Waals surface area contributed by atoms with Crippen molar-refractivity contribution in [2.24, 2.45) is 0 Å². The number of rotatable bonds is 34. The molecule has 0 aromatic rings. The van der Waals surface area contributed by atoms with Crippen LogP contribution in [0.1, 0.15) is 168 Å². The van der Waals surface area contributed by atoms with Crippen molar-refractivity contribution in [1.82, 2.24) is 5.32 Å². The fourth-order valence-electron chi connectivity index (χ4n) is 7.64. The number of nitrogens with one attached hydrogen (secondary N) is 1. The number of aliphatic hydroxyl groups excluding tert-OH is 8. The van der Waals surface area contributed by atoms with E-state index in [1.807, 2.05) is 0 Å². The van der Waals surface area contributed by atoms with Crippen LogP contribution in [0.2, 0.25) is 0 Å². The molecule has 2 fully saturated rings. The number of hydrogen-bond acceptors (Lipinski definition) is 13. The van der Waals surface area contributed by atoms with Gasteiger partial charge >= 0.3 is 0 Å². The summed E-state index contributed by atoms with van der Waals surface area (Å²) < 4.78 is 22.7. The molecule has 0 bridgehead atoms. The zero-order valence-electron chi connectivity index (χ0n) is 35.8. The van der Waals surface area contributed by atoms with Gasteiger partial charge in [0.05, 0.1) is 32.0 Å². The maximum Gasteiger partial charge on any atom is 0.220 e. The number of hydrogen-bond donors (Lipinski definition) is 9. The average molecular weight is 834 g/mol. The first-order chi connectivity index (χ1) is 28.1. The fourth-order valence-corrected chi connectivity index (χ4v) is 7.64. The van der Waals surface area contributed by atoms with E-state index in [0.717, 1.165) is 64.2 Å². The molecular formula is C44H83NO13. The van der Waals surface area contributed by atoms with Gasteiger partial charge in [0.2, 0.25) is 5.91 Å². The molecule has 2 rings (SSSR count). The van der Waals surface area contributed by atoms with Gasteiger partial charge in [-0.05, 0) is 38.5 Å². The predicted molar refractivity (Wildman–Crippen MR) is 222 cm³/mol. The molecule has 0 spiro atoms. The van der Waals surface area contributed by atoms with Crippen LogP contribution in [-0.2, 0) is 23.7 Å². The summed E-state index contributed by atoms with van der Waals surface area (Å²) in [6, 6.07) is -0.826. The van der Waals surface area contributed by atoms with E-state index in [2.05, 4.69) is 31.3 Å². The molecule has 9 N–H and O–H groups in total. The zero-order chi connectivity index (χ0) is 42.5. The second kappa shape index (κ2) is 32.4. The molecule has 2 heterocycles. The van der Waals surface area contributed by atoms with E-state index in [9.17, 15) is 45.6 Å². The first-order valence-electron chi connectivity index (χ1n) is 22.9. The van der Waals surface area contributed by atoms with Crippen molar-refractivity contribution in [3.8, 4) is 0 Å². The van der Waals surface area contributed by atoms with E-state index < -0.39 is 86.8 Å². The average Bonchev–Trinajstić information content (AvgIpc) is 3.22. The van der Waals surface area contributed by atoms with E-state index in [1.165, 1.54) is 70.6 Å². The van der Waals surface area contributed by atoms with E-state index >= 15 is 0 Å². The predicted octanol–water partition coefficient (Wildman–Crippen LogP) is 4.43. The fraction of sp³-hybridized carbons (Fsp3) is 0.932. The third-order valence-electron chi connectivity index (χ3n) is 11.5. The van der Waals surface area contributed by atoms with Crippen LogP contribution in [0.4, 0.5) is 0 Å². The van der Waals surface area contributed by atoms with Crippen molar-refractivity contribution in [2.45, 2.75) is 242 Å². The van der Waals surface area contributed by atoms with Gasteiger partial charge in [-0.1, -0.05) is 135 Å². The minimum absolute atomic E-state index is 0.219. The van der Waals surface area contributed by atoms with Crippen LogP contribution in [0.5, 0.6) is 0 Å². The molecule has 2 saturated heterocycles. The molecule has 0 saturated carbocycles. The lowest BCUT2D eigenvalue weighted by Gasteiger charge is -2.46. The molecular weight excluding hydrogens is 750 g/mol. The van der Waals surface area contributed by atoms with Gasteiger partial charge in [0.15, 0.2) is 12.6 Å². The number of ether oxygens (including phenoxy) is 4. The van der Waals surface area contributed by atoms with Gasteiger partial charge in [-0.2, -0.15) is 0 Å². The first-order valence-corrected chi connectivity index (χ1v) is 22.9. The van der Waals surface area contributed by atoms with Crippen LogP contribution in [0.3, 0.4) is 0 Å². The van der Waals surface area contributed by atoms with Crippen molar-refractivity contribution in [3.63, 3.8) is 0 Å². The molecule has 0 radical (unpaired) electrons. The van der Waals surface area contributed by atoms with Crippen LogP contribution in [0.15, 0.2) is 12.2 Å². The second-order valence-electron chi connectivity index (χ2n) is 16.5. The Morgan fingerprint density at radius 2 is 1.09 bits per heavy atom. The summed E-state index contributed by atoms with van der Waals surface area (Å²) in [6.45, 7) is 2.79. The van der Waals surface area contributed by atoms with Gasteiger partial charge in [0.25, 0.3) is 0 Å². The standard InChI is InChI=1S/C44H83NO13/c1-3-5-7-9-11-13-15-16-18-20-22-24-26-28-36(49)45-32(33(48)27-25-23-21-19-17-14-12-10-8-6-4-2)31-55-43-41(54)39(52)42(35(30-47)57-43)58-44-40(53)38(51)37(50)34(29-46)56-44/h13,15,32-35,37-44,46-48,50-54H,3-12,14,16-31H2,1-2H3,(H,45,49)/b15-13-. The molecule has 2 aliphatic heterocycles. The van der Waals surface area contributed by atoms with E-state index in [-0.39, 0.29) is 12.5 Å². The highest BCUT2D eigenvalue weighted by molar-refractivity contribution is 5.76. The topological polar surface area (TPSA) is 228 Å². The van der Waals surface area contributed by atoms with Gasteiger partial charge in [-0.15, -0.1) is 0 Å². The molecule has 342 valence electrons. The molecule has 2 aliphatic rings. The van der Waals surface area contributed by atoms with E-state index in [0.29, 0.717) is 19.3 Å². The largest absolute Gasteiger partial charge is 0.394 e. The zero-order valence-corrected chi connectivity index (χ0v) is 35.8. The number of carbonyl (C=O) groups is 1. The minimum atomic E-state index is -1.78. The summed E-state index contributed by atoms with van der Waals surface area (Å²) in [5.74, 6) is -0.219. The molecule has 1 amide bonds. The Morgan fingerprint density at radius 1 is 0.603 bits per heavy atom. The second-order valence-corrected chi connectivity index (χ2v) is 16.5. The number of amides is 1. The van der Waals surface area contributed by atoms with Crippen molar-refractivity contribution in [2.75, 3.05) is 19.8 Å². The van der Waals surface area contributed by atoms with E-state index in [4.69, 9.17) is 18.9 Å². The molecule has 14 heteroatoms. The quantitative estimate of drug-likeness (QED) is 0.0324. The molecule has 14 nitrogen and oxygen atoms in total. The molecule has 0 aliphatic carbocycles. The first kappa shape index (κ1) is 52.9. The monoisotopic (exact) mass is 834 g/mol. The Balaban J connectivity index is 1.89. The summed E-state index contributed by atoms with van der Waals surface area (Å²) in [7, 11) is 0. The Bertz CT molecular complexity index is 1040. The van der Waals surface area contributed by atoms with E-state index in [1.54, 1.807) is 0 Å². The number of carbonyl (C=O) groups excluding carboxylic acids is 1. The van der Waals surface area contributed by atoms with Gasteiger partial charge in [0, 0.05) is 6.42 Å². The third kappa shape index (κ3) is 20.5. The van der Waals surface area contributed by atoms with Crippen molar-refractivity contribution >= 4 is 5.91 Å². The van der Waals surface area contributed by atoms with Gasteiger partial charge in [-0.3, -0.25) is 4.79 Å². The number of allylic oxidation sites excluding steroid dienone is 2. The summed E-state index contributed by atoms with van der Waals surface area (Å²) >= 11 is 0. The van der Waals surface area contributed by atoms with Gasteiger partial charge in [0.1, 0.15) is 48.8 Å². The summed E-state index contributed by atoms with van der Waals surface area (Å²) in [5, 5.41) is 86.5. The Kier molecular flexibility index (Phi) is 29.6. The Labute approximate surface area is 348 Å². The van der Waals surface area contributed by atoms with Crippen molar-refractivity contribution < 1.29 is 64.6 Å². The summed E-state index contributed by atoms with van der Waals surface area (Å²) in [5.41, 5.74) is 0. The maximum atomic E-state index is 13.1. The van der Waals surface area contributed by atoms with Crippen molar-refractivity contribution in [1.29, 1.82) is 0 Å². The molecule has 12 unspecified atom stereocenters. The SMILES string of the molecule is CCCCCC/C=C\CCCCCCCC(=O)NC(COC1OC(CO)C(OC2OC(CO)C(O)C(O)C2O)C(O)C1O)C(O)CCCCCCCCCCCCC. The molecule has 12 atom stereocenters. The number of aliphatic hydroxyl groups is 8. The molecule has 58 heavy (non-hydrogen) atoms. The summed E-state index contributed by atoms with van der Waals surface area (Å²) in [6.07, 6.45) is 13.7. The van der Waals surface area contributed by atoms with Crippen LogP contribution >= 0.6 is 0 Å². The number of unbranched alkanes of at least 4 members (excludes halogenated alkanes) is 19. The lowest BCUT2D eigenvalue weighted by atomic mass is 9.97. The summed E-state index contributed by atoms with van der Waals surface area (Å²) in [4.78, 5) is 13.1. The van der Waals surface area contributed by atoms with Crippen molar-refractivity contribution in [3.05, 3.63) is 12.2 Å². The highest BCUT2D eigenvalue weighted by Gasteiger charge is 2.51. The minimum Gasteiger partial charge on any atom is -0.394 e. The maximum absolute atomic E-state index is 13.1. The van der Waals surface area contributed by atoms with Gasteiger partial charge < -0.3 is 65.1 Å². The lowest BCUT2D eigenvalue weighted by molar-refractivity contribution is -0.359. The highest BCUT2D eigenvalue weighted by atomic mass is 16.7. The molecule has 0 aromatic heterocycles. The van der Waals surface area contributed by atoms with Crippen LogP contribution in [-0.4, -0.2) is 140 Å². The Morgan fingerprint density at radius 3 is 1.66 bits per heavy atom. The molecule has 0 aromatic carbocycles. The normalized spacial score (nSPS) is 28.9. The van der Waals surface area contributed by atoms with Crippen LogP contribution < -0.4 is 5.32 Å². The van der Waals surface area contributed by atoms with Crippen LogP contribution in [0, 0.1) is 0 Å². The Hall–Kier alpha value is -1.27. The third-order valence-corrected chi connectivity index (χ3v) is 11.5. The van der Waals surface area contributed by atoms with Crippen LogP contribution in [0.25, 0.3) is 0 Å². The highest BCUT2D eigenvalue weighted by Crippen LogP contribution is 2.30. The smallest absolute Gasteiger partial charge is 0.220 e.